The fourth-order valence-corrected chi connectivity index (χ4v) is 2.23. The fraction of sp³-hybridized carbons (Fsp3) is 0.320. The molecule has 0 atom stereocenters. The SMILES string of the molecule is COC(=O)CC(=O)c1ccc(O)cc1.COC(=O)CC(=O)c1ccc(OC(=O)C(C)(C)C)cc1. The summed E-state index contributed by atoms with van der Waals surface area (Å²) in [4.78, 5) is 56.5. The molecule has 9 nitrogen and oxygen atoms in total. The molecule has 0 aliphatic heterocycles. The standard InChI is InChI=1S/C15H18O5.C10H10O4/c1-15(2,3)14(18)20-11-7-5-10(6-8-11)12(16)9-13(17)19-4;1-14-10(13)6-9(12)7-2-4-8(11)5-3-7/h5-8H,9H2,1-4H3;2-5,11H,6H2,1H3. The Morgan fingerprint density at radius 2 is 1.09 bits per heavy atom. The van der Waals surface area contributed by atoms with E-state index in [4.69, 9.17) is 9.84 Å². The Balaban J connectivity index is 0.000000362. The first-order valence-corrected chi connectivity index (χ1v) is 10.2. The highest BCUT2D eigenvalue weighted by atomic mass is 16.5. The van der Waals surface area contributed by atoms with Gasteiger partial charge in [0, 0.05) is 11.1 Å². The molecule has 0 bridgehead atoms. The zero-order valence-corrected chi connectivity index (χ0v) is 19.7. The molecule has 0 aliphatic carbocycles. The maximum absolute atomic E-state index is 11.7. The highest BCUT2D eigenvalue weighted by Gasteiger charge is 2.23. The van der Waals surface area contributed by atoms with Crippen molar-refractivity contribution in [1.29, 1.82) is 0 Å². The van der Waals surface area contributed by atoms with Gasteiger partial charge in [-0.25, -0.2) is 0 Å². The van der Waals surface area contributed by atoms with E-state index in [1.165, 1.54) is 62.8 Å². The molecule has 0 fully saturated rings. The van der Waals surface area contributed by atoms with Gasteiger partial charge < -0.3 is 19.3 Å². The van der Waals surface area contributed by atoms with Gasteiger partial charge in [-0.2, -0.15) is 0 Å². The van der Waals surface area contributed by atoms with E-state index >= 15 is 0 Å². The minimum atomic E-state index is -0.598. The lowest BCUT2D eigenvalue weighted by Crippen LogP contribution is -2.25. The number of carbonyl (C=O) groups excluding carboxylic acids is 5. The summed E-state index contributed by atoms with van der Waals surface area (Å²) in [7, 11) is 2.46. The zero-order valence-electron chi connectivity index (χ0n) is 19.7. The fourth-order valence-electron chi connectivity index (χ4n) is 2.23. The number of carbonyl (C=O) groups is 5. The van der Waals surface area contributed by atoms with Crippen molar-refractivity contribution in [2.24, 2.45) is 5.41 Å². The summed E-state index contributed by atoms with van der Waals surface area (Å²) in [5, 5.41) is 8.96. The molecule has 2 aromatic rings. The Morgan fingerprint density at radius 1 is 0.706 bits per heavy atom. The van der Waals surface area contributed by atoms with Crippen LogP contribution in [0.5, 0.6) is 11.5 Å². The average molecular weight is 472 g/mol. The lowest BCUT2D eigenvalue weighted by atomic mass is 9.97. The molecule has 2 aromatic carbocycles. The Labute approximate surface area is 197 Å². The molecule has 0 saturated carbocycles. The minimum Gasteiger partial charge on any atom is -0.508 e. The molecule has 0 radical (unpaired) electrons. The first-order chi connectivity index (χ1) is 15.9. The molecular formula is C25H28O9. The van der Waals surface area contributed by atoms with E-state index in [2.05, 4.69) is 9.47 Å². The maximum Gasteiger partial charge on any atom is 0.316 e. The van der Waals surface area contributed by atoms with Gasteiger partial charge >= 0.3 is 17.9 Å². The van der Waals surface area contributed by atoms with Crippen LogP contribution in [0.15, 0.2) is 48.5 Å². The van der Waals surface area contributed by atoms with Gasteiger partial charge in [0.1, 0.15) is 24.3 Å². The summed E-state index contributed by atoms with van der Waals surface area (Å²) in [6.07, 6.45) is -0.584. The van der Waals surface area contributed by atoms with Crippen molar-refractivity contribution >= 4 is 29.5 Å². The first kappa shape index (κ1) is 28.0. The van der Waals surface area contributed by atoms with Gasteiger partial charge in [0.05, 0.1) is 19.6 Å². The van der Waals surface area contributed by atoms with Crippen LogP contribution in [-0.4, -0.2) is 48.8 Å². The third-order valence-electron chi connectivity index (χ3n) is 4.25. The van der Waals surface area contributed by atoms with E-state index in [0.29, 0.717) is 16.9 Å². The highest BCUT2D eigenvalue weighted by Crippen LogP contribution is 2.20. The summed E-state index contributed by atoms with van der Waals surface area (Å²) in [6, 6.07) is 11.8. The number of benzene rings is 2. The van der Waals surface area contributed by atoms with Gasteiger partial charge in [0.2, 0.25) is 0 Å². The summed E-state index contributed by atoms with van der Waals surface area (Å²) in [6.45, 7) is 5.26. The number of hydrogen-bond acceptors (Lipinski definition) is 9. The molecule has 182 valence electrons. The second-order valence-corrected chi connectivity index (χ2v) is 8.06. The molecule has 9 heteroatoms. The summed E-state index contributed by atoms with van der Waals surface area (Å²) < 4.78 is 14.0. The normalized spacial score (nSPS) is 10.3. The van der Waals surface area contributed by atoms with Crippen LogP contribution in [0.1, 0.15) is 54.3 Å². The van der Waals surface area contributed by atoms with Crippen molar-refractivity contribution in [3.8, 4) is 11.5 Å². The van der Waals surface area contributed by atoms with E-state index in [-0.39, 0.29) is 36.1 Å². The third-order valence-corrected chi connectivity index (χ3v) is 4.25. The van der Waals surface area contributed by atoms with E-state index in [0.717, 1.165) is 0 Å². The predicted octanol–water partition coefficient (Wildman–Crippen LogP) is 3.52. The van der Waals surface area contributed by atoms with Gasteiger partial charge in [-0.15, -0.1) is 0 Å². The Bertz CT molecular complexity index is 1010. The molecular weight excluding hydrogens is 444 g/mol. The molecule has 0 heterocycles. The average Bonchev–Trinajstić information content (AvgIpc) is 2.79. The predicted molar refractivity (Wildman–Crippen MR) is 122 cm³/mol. The molecule has 0 aromatic heterocycles. The Hall–Kier alpha value is -4.01. The Morgan fingerprint density at radius 3 is 1.44 bits per heavy atom. The molecule has 34 heavy (non-hydrogen) atoms. The molecule has 0 aliphatic rings. The van der Waals surface area contributed by atoms with Crippen molar-refractivity contribution in [1.82, 2.24) is 0 Å². The minimum absolute atomic E-state index is 0.0830. The third kappa shape index (κ3) is 9.64. The van der Waals surface area contributed by atoms with Gasteiger partial charge in [-0.3, -0.25) is 24.0 Å². The number of aromatic hydroxyl groups is 1. The maximum atomic E-state index is 11.7. The van der Waals surface area contributed by atoms with Gasteiger partial charge in [-0.1, -0.05) is 0 Å². The molecule has 0 amide bonds. The number of methoxy groups -OCH3 is 2. The monoisotopic (exact) mass is 472 g/mol. The summed E-state index contributed by atoms with van der Waals surface area (Å²) >= 11 is 0. The number of Topliss-reactive ketones (excluding diaryl/α,β-unsaturated/α-hetero) is 2. The van der Waals surface area contributed by atoms with Crippen molar-refractivity contribution in [3.05, 3.63) is 59.7 Å². The molecule has 2 rings (SSSR count). The smallest absolute Gasteiger partial charge is 0.316 e. The lowest BCUT2D eigenvalue weighted by Gasteiger charge is -2.16. The van der Waals surface area contributed by atoms with E-state index < -0.39 is 17.4 Å². The molecule has 0 spiro atoms. The van der Waals surface area contributed by atoms with Crippen LogP contribution in [0, 0.1) is 5.41 Å². The Kier molecular flexibility index (Phi) is 10.6. The number of ether oxygens (including phenoxy) is 3. The number of hydrogen-bond donors (Lipinski definition) is 1. The number of ketones is 2. The van der Waals surface area contributed by atoms with Crippen LogP contribution in [-0.2, 0) is 23.9 Å². The van der Waals surface area contributed by atoms with Crippen LogP contribution < -0.4 is 4.74 Å². The van der Waals surface area contributed by atoms with Crippen LogP contribution in [0.3, 0.4) is 0 Å². The van der Waals surface area contributed by atoms with E-state index in [9.17, 15) is 24.0 Å². The zero-order chi connectivity index (χ0) is 25.9. The van der Waals surface area contributed by atoms with Crippen LogP contribution in [0.25, 0.3) is 0 Å². The van der Waals surface area contributed by atoms with Crippen molar-refractivity contribution in [2.45, 2.75) is 33.6 Å². The van der Waals surface area contributed by atoms with Gasteiger partial charge in [0.25, 0.3) is 0 Å². The number of esters is 3. The number of phenolic OH excluding ortho intramolecular Hbond substituents is 1. The molecule has 1 N–H and O–H groups in total. The first-order valence-electron chi connectivity index (χ1n) is 10.2. The van der Waals surface area contributed by atoms with E-state index in [1.54, 1.807) is 20.8 Å². The summed E-state index contributed by atoms with van der Waals surface area (Å²) in [5.74, 6) is -1.73. The van der Waals surface area contributed by atoms with Gasteiger partial charge in [-0.05, 0) is 69.3 Å². The topological polar surface area (TPSA) is 133 Å². The van der Waals surface area contributed by atoms with Crippen molar-refractivity contribution in [3.63, 3.8) is 0 Å². The van der Waals surface area contributed by atoms with Crippen LogP contribution in [0.2, 0.25) is 0 Å². The second kappa shape index (κ2) is 12.9. The van der Waals surface area contributed by atoms with Crippen molar-refractivity contribution < 1.29 is 43.3 Å². The largest absolute Gasteiger partial charge is 0.508 e. The quantitative estimate of drug-likeness (QED) is 0.278. The molecule has 0 saturated heterocycles. The summed E-state index contributed by atoms with van der Waals surface area (Å²) in [5.41, 5.74) is 0.151. The number of rotatable bonds is 7. The molecule has 0 unspecified atom stereocenters. The second-order valence-electron chi connectivity index (χ2n) is 8.06. The highest BCUT2D eigenvalue weighted by molar-refractivity contribution is 6.06. The van der Waals surface area contributed by atoms with Crippen LogP contribution >= 0.6 is 0 Å². The van der Waals surface area contributed by atoms with Gasteiger partial charge in [0.15, 0.2) is 11.6 Å². The lowest BCUT2D eigenvalue weighted by molar-refractivity contribution is -0.143. The van der Waals surface area contributed by atoms with Crippen molar-refractivity contribution in [2.75, 3.05) is 14.2 Å². The van der Waals surface area contributed by atoms with Crippen LogP contribution in [0.4, 0.5) is 0 Å². The number of phenols is 1. The van der Waals surface area contributed by atoms with E-state index in [1.807, 2.05) is 0 Å².